The van der Waals surface area contributed by atoms with Crippen molar-refractivity contribution in [2.75, 3.05) is 0 Å². The molecule has 0 saturated carbocycles. The lowest BCUT2D eigenvalue weighted by molar-refractivity contribution is -0.134. The summed E-state index contributed by atoms with van der Waals surface area (Å²) in [5.74, 6) is -0.968. The van der Waals surface area contributed by atoms with E-state index in [1.165, 1.54) is 27.9 Å². The molecule has 0 aliphatic carbocycles. The quantitative estimate of drug-likeness (QED) is 0.263. The maximum absolute atomic E-state index is 12.6. The van der Waals surface area contributed by atoms with Gasteiger partial charge in [0.1, 0.15) is 0 Å². The highest BCUT2D eigenvalue weighted by Gasteiger charge is 2.35. The van der Waals surface area contributed by atoms with Gasteiger partial charge < -0.3 is 5.32 Å². The number of hydrogen-bond donors (Lipinski definition) is 1. The SMILES string of the molecule is CCC(C1=NC(=C(CC)C2=NC(=C(CC)C3=C(CC)C(=O)C(=O)N3)C(CC)=C2CC)C(CC)=C1CC)=C1C=CC=N1. The van der Waals surface area contributed by atoms with Crippen molar-refractivity contribution >= 4 is 29.3 Å². The molecule has 6 nitrogen and oxygen atoms in total. The van der Waals surface area contributed by atoms with Crippen molar-refractivity contribution in [1.29, 1.82) is 0 Å². The molecule has 0 aromatic rings. The van der Waals surface area contributed by atoms with Crippen LogP contribution in [0.15, 0.2) is 94.5 Å². The van der Waals surface area contributed by atoms with E-state index in [-0.39, 0.29) is 0 Å². The van der Waals surface area contributed by atoms with Gasteiger partial charge >= 0.3 is 0 Å². The third kappa shape index (κ3) is 5.13. The highest BCUT2D eigenvalue weighted by Crippen LogP contribution is 2.42. The molecule has 1 N–H and O–H groups in total. The van der Waals surface area contributed by atoms with Crippen molar-refractivity contribution in [2.45, 2.75) is 107 Å². The Bertz CT molecular complexity index is 1480. The molecule has 4 aliphatic rings. The first-order chi connectivity index (χ1) is 19.8. The predicted octanol–water partition coefficient (Wildman–Crippen LogP) is 8.12. The number of ketones is 1. The van der Waals surface area contributed by atoms with E-state index < -0.39 is 11.7 Å². The van der Waals surface area contributed by atoms with E-state index in [4.69, 9.17) is 9.98 Å². The van der Waals surface area contributed by atoms with Crippen molar-refractivity contribution in [2.24, 2.45) is 15.0 Å². The summed E-state index contributed by atoms with van der Waals surface area (Å²) in [6.07, 6.45) is 12.2. The van der Waals surface area contributed by atoms with Crippen LogP contribution in [0, 0.1) is 0 Å². The number of amides is 1. The lowest BCUT2D eigenvalue weighted by atomic mass is 9.89. The normalized spacial score (nSPS) is 22.4. The summed E-state index contributed by atoms with van der Waals surface area (Å²) >= 11 is 0. The van der Waals surface area contributed by atoms with Gasteiger partial charge in [-0.05, 0) is 85.8 Å². The number of nitrogens with one attached hydrogen (secondary N) is 1. The lowest BCUT2D eigenvalue weighted by Gasteiger charge is -2.14. The molecule has 0 atom stereocenters. The maximum atomic E-state index is 12.6. The lowest BCUT2D eigenvalue weighted by Crippen LogP contribution is -2.22. The van der Waals surface area contributed by atoms with Crippen LogP contribution in [0.4, 0.5) is 0 Å². The average molecular weight is 553 g/mol. The zero-order chi connectivity index (χ0) is 29.8. The Morgan fingerprint density at radius 2 is 1.12 bits per heavy atom. The fourth-order valence-electron chi connectivity index (χ4n) is 6.54. The fraction of sp³-hybridized carbons (Fsp3) is 0.457. The molecule has 4 rings (SSSR count). The van der Waals surface area contributed by atoms with Crippen LogP contribution < -0.4 is 5.32 Å². The van der Waals surface area contributed by atoms with Crippen LogP contribution in [-0.4, -0.2) is 29.3 Å². The number of nitrogens with zero attached hydrogens (tertiary/aromatic N) is 3. The molecule has 0 radical (unpaired) electrons. The monoisotopic (exact) mass is 552 g/mol. The molecule has 0 fully saturated rings. The summed E-state index contributed by atoms with van der Waals surface area (Å²) in [5.41, 5.74) is 14.6. The number of allylic oxidation sites excluding steroid dienone is 9. The van der Waals surface area contributed by atoms with Gasteiger partial charge in [-0.2, -0.15) is 0 Å². The summed E-state index contributed by atoms with van der Waals surface area (Å²) in [6.45, 7) is 17.1. The predicted molar refractivity (Wildman–Crippen MR) is 170 cm³/mol. The van der Waals surface area contributed by atoms with E-state index in [0.29, 0.717) is 24.1 Å². The van der Waals surface area contributed by atoms with Crippen molar-refractivity contribution < 1.29 is 9.59 Å². The Morgan fingerprint density at radius 1 is 0.634 bits per heavy atom. The molecule has 6 heteroatoms. The van der Waals surface area contributed by atoms with Gasteiger partial charge in [0.05, 0.1) is 34.2 Å². The Balaban J connectivity index is 2.01. The van der Waals surface area contributed by atoms with Crippen molar-refractivity contribution in [3.05, 3.63) is 79.5 Å². The summed E-state index contributed by atoms with van der Waals surface area (Å²) in [4.78, 5) is 40.3. The van der Waals surface area contributed by atoms with Gasteiger partial charge in [-0.3, -0.25) is 14.6 Å². The number of rotatable bonds is 11. The van der Waals surface area contributed by atoms with Gasteiger partial charge in [-0.25, -0.2) is 9.98 Å². The molecule has 0 saturated heterocycles. The Hall–Kier alpha value is -3.67. The second-order valence-electron chi connectivity index (χ2n) is 10.5. The summed E-state index contributed by atoms with van der Waals surface area (Å²) in [7, 11) is 0. The molecule has 216 valence electrons. The van der Waals surface area contributed by atoms with E-state index in [1.54, 1.807) is 0 Å². The van der Waals surface area contributed by atoms with E-state index >= 15 is 0 Å². The van der Waals surface area contributed by atoms with Gasteiger partial charge in [-0.15, -0.1) is 0 Å². The number of carbonyl (C=O) groups excluding carboxylic acids is 2. The molecule has 0 unspecified atom stereocenters. The highest BCUT2D eigenvalue weighted by atomic mass is 16.2. The van der Waals surface area contributed by atoms with Gasteiger partial charge in [0.25, 0.3) is 5.91 Å². The zero-order valence-electron chi connectivity index (χ0n) is 26.0. The molecule has 41 heavy (non-hydrogen) atoms. The van der Waals surface area contributed by atoms with Crippen LogP contribution in [-0.2, 0) is 9.59 Å². The van der Waals surface area contributed by atoms with Gasteiger partial charge in [0.15, 0.2) is 0 Å². The average Bonchev–Trinajstić information content (AvgIpc) is 3.76. The third-order valence-electron chi connectivity index (χ3n) is 8.48. The Labute approximate surface area is 245 Å². The summed E-state index contributed by atoms with van der Waals surface area (Å²) in [5, 5.41) is 2.88. The van der Waals surface area contributed by atoms with Crippen molar-refractivity contribution in [1.82, 2.24) is 5.32 Å². The first-order valence-corrected chi connectivity index (χ1v) is 15.5. The Morgan fingerprint density at radius 3 is 1.56 bits per heavy atom. The molecule has 0 spiro atoms. The summed E-state index contributed by atoms with van der Waals surface area (Å²) in [6, 6.07) is 0. The second-order valence-corrected chi connectivity index (χ2v) is 10.5. The molecule has 4 aliphatic heterocycles. The second kappa shape index (κ2) is 12.9. The molecule has 0 bridgehead atoms. The minimum Gasteiger partial charge on any atom is -0.318 e. The summed E-state index contributed by atoms with van der Waals surface area (Å²) < 4.78 is 0. The van der Waals surface area contributed by atoms with E-state index in [2.05, 4.69) is 64.9 Å². The van der Waals surface area contributed by atoms with Gasteiger partial charge in [0.2, 0.25) is 5.78 Å². The zero-order valence-corrected chi connectivity index (χ0v) is 26.0. The van der Waals surface area contributed by atoms with Crippen LogP contribution >= 0.6 is 0 Å². The van der Waals surface area contributed by atoms with Crippen molar-refractivity contribution in [3.8, 4) is 0 Å². The molecule has 4 heterocycles. The first-order valence-electron chi connectivity index (χ1n) is 15.5. The molecular weight excluding hydrogens is 508 g/mol. The number of aliphatic imine (C=N–C) groups is 3. The minimum atomic E-state index is -0.542. The van der Waals surface area contributed by atoms with Crippen LogP contribution in [0.25, 0.3) is 0 Å². The largest absolute Gasteiger partial charge is 0.318 e. The first kappa shape index (κ1) is 30.3. The number of hydrogen-bond acceptors (Lipinski definition) is 5. The van der Waals surface area contributed by atoms with E-state index in [9.17, 15) is 9.59 Å². The molecule has 0 aromatic carbocycles. The van der Waals surface area contributed by atoms with E-state index in [0.717, 1.165) is 78.2 Å². The van der Waals surface area contributed by atoms with Crippen LogP contribution in [0.1, 0.15) is 107 Å². The third-order valence-corrected chi connectivity index (χ3v) is 8.48. The molecule has 1 amide bonds. The fourth-order valence-corrected chi connectivity index (χ4v) is 6.54. The standard InChI is InChI=1S/C35H44N4O2/c1-9-20-21(10-2)30(37-29(20)24(13-5)28-18-17-19-36-28)25(14-6)31-22(11-3)23(12-4)32(38-31)26(15-7)33-27(16-8)34(40)35(41)39-33/h17-19H,9-16H2,1-8H3,(H,39,40,41). The van der Waals surface area contributed by atoms with Gasteiger partial charge in [-0.1, -0.05) is 55.4 Å². The maximum Gasteiger partial charge on any atom is 0.296 e. The highest BCUT2D eigenvalue weighted by molar-refractivity contribution is 6.45. The molecular formula is C35H44N4O2. The topological polar surface area (TPSA) is 83.2 Å². The van der Waals surface area contributed by atoms with Crippen LogP contribution in [0.2, 0.25) is 0 Å². The smallest absolute Gasteiger partial charge is 0.296 e. The van der Waals surface area contributed by atoms with Crippen molar-refractivity contribution in [3.63, 3.8) is 0 Å². The Kier molecular flexibility index (Phi) is 9.52. The van der Waals surface area contributed by atoms with Crippen LogP contribution in [0.3, 0.4) is 0 Å². The minimum absolute atomic E-state index is 0.426. The molecule has 0 aromatic heterocycles. The van der Waals surface area contributed by atoms with Gasteiger partial charge in [0, 0.05) is 28.5 Å². The number of carbonyl (C=O) groups is 2. The number of Topliss-reactive ketones (excluding diaryl/α,β-unsaturated/α-hetero) is 1. The van der Waals surface area contributed by atoms with Crippen LogP contribution in [0.5, 0.6) is 0 Å². The van der Waals surface area contributed by atoms with E-state index in [1.807, 2.05) is 19.2 Å².